The van der Waals surface area contributed by atoms with Gasteiger partial charge >= 0.3 is 0 Å². The SMILES string of the molecule is C1=C(c2ccc(OCCOCC3CO3)cc2)CCCC1. The van der Waals surface area contributed by atoms with E-state index < -0.39 is 0 Å². The Morgan fingerprint density at radius 1 is 1.10 bits per heavy atom. The monoisotopic (exact) mass is 274 g/mol. The second-order valence-corrected chi connectivity index (χ2v) is 5.38. The molecule has 0 N–H and O–H groups in total. The molecule has 0 spiro atoms. The average molecular weight is 274 g/mol. The molecule has 108 valence electrons. The molecule has 0 bridgehead atoms. The van der Waals surface area contributed by atoms with Crippen LogP contribution < -0.4 is 4.74 Å². The largest absolute Gasteiger partial charge is 0.491 e. The first kappa shape index (κ1) is 13.7. The van der Waals surface area contributed by atoms with Gasteiger partial charge in [-0.05, 0) is 49.0 Å². The molecule has 3 nitrogen and oxygen atoms in total. The van der Waals surface area contributed by atoms with Crippen molar-refractivity contribution in [1.29, 1.82) is 0 Å². The molecule has 1 aromatic carbocycles. The van der Waals surface area contributed by atoms with E-state index in [0.717, 1.165) is 12.4 Å². The van der Waals surface area contributed by atoms with Crippen molar-refractivity contribution in [3.63, 3.8) is 0 Å². The first-order valence-corrected chi connectivity index (χ1v) is 7.53. The van der Waals surface area contributed by atoms with Gasteiger partial charge in [0.05, 0.1) is 19.8 Å². The lowest BCUT2D eigenvalue weighted by molar-refractivity contribution is 0.0878. The standard InChI is InChI=1S/C17H22O3/c1-2-4-14(5-3-1)15-6-8-16(9-7-15)19-11-10-18-12-17-13-20-17/h4,6-9,17H,1-3,5,10-13H2. The van der Waals surface area contributed by atoms with Gasteiger partial charge in [-0.3, -0.25) is 0 Å². The van der Waals surface area contributed by atoms with Crippen LogP contribution in [-0.4, -0.2) is 32.5 Å². The van der Waals surface area contributed by atoms with E-state index in [0.29, 0.717) is 25.9 Å². The van der Waals surface area contributed by atoms with Crippen molar-refractivity contribution in [3.8, 4) is 5.75 Å². The molecular formula is C17H22O3. The molecule has 0 saturated carbocycles. The van der Waals surface area contributed by atoms with Gasteiger partial charge in [-0.25, -0.2) is 0 Å². The molecule has 1 saturated heterocycles. The number of benzene rings is 1. The zero-order valence-electron chi connectivity index (χ0n) is 11.8. The van der Waals surface area contributed by atoms with Crippen LogP contribution in [0.4, 0.5) is 0 Å². The van der Waals surface area contributed by atoms with Crippen LogP contribution >= 0.6 is 0 Å². The first-order valence-electron chi connectivity index (χ1n) is 7.53. The third kappa shape index (κ3) is 4.09. The van der Waals surface area contributed by atoms with Crippen molar-refractivity contribution in [1.82, 2.24) is 0 Å². The van der Waals surface area contributed by atoms with Crippen LogP contribution in [0, 0.1) is 0 Å². The molecule has 3 rings (SSSR count). The van der Waals surface area contributed by atoms with Crippen LogP contribution in [0.25, 0.3) is 5.57 Å². The van der Waals surface area contributed by atoms with Gasteiger partial charge in [0.25, 0.3) is 0 Å². The predicted molar refractivity (Wildman–Crippen MR) is 78.9 cm³/mol. The molecule has 1 aliphatic carbocycles. The highest BCUT2D eigenvalue weighted by atomic mass is 16.6. The number of epoxide rings is 1. The second-order valence-electron chi connectivity index (χ2n) is 5.38. The van der Waals surface area contributed by atoms with Crippen molar-refractivity contribution in [3.05, 3.63) is 35.9 Å². The Kier molecular flexibility index (Phi) is 4.72. The number of ether oxygens (including phenoxy) is 3. The van der Waals surface area contributed by atoms with Gasteiger partial charge in [0.2, 0.25) is 0 Å². The molecule has 2 aliphatic rings. The Hall–Kier alpha value is -1.32. The summed E-state index contributed by atoms with van der Waals surface area (Å²) < 4.78 is 16.2. The summed E-state index contributed by atoms with van der Waals surface area (Å²) in [6, 6.07) is 8.42. The average Bonchev–Trinajstić information content (AvgIpc) is 3.33. The van der Waals surface area contributed by atoms with Gasteiger partial charge in [-0.2, -0.15) is 0 Å². The Labute approximate surface area is 120 Å². The smallest absolute Gasteiger partial charge is 0.119 e. The number of hydrogen-bond donors (Lipinski definition) is 0. The van der Waals surface area contributed by atoms with E-state index in [9.17, 15) is 0 Å². The molecule has 0 radical (unpaired) electrons. The van der Waals surface area contributed by atoms with E-state index in [1.807, 2.05) is 0 Å². The maximum atomic E-state index is 5.67. The summed E-state index contributed by atoms with van der Waals surface area (Å²) in [6.45, 7) is 2.75. The second kappa shape index (κ2) is 6.91. The van der Waals surface area contributed by atoms with E-state index >= 15 is 0 Å². The molecule has 20 heavy (non-hydrogen) atoms. The minimum atomic E-state index is 0.332. The van der Waals surface area contributed by atoms with Crippen LogP contribution in [0.3, 0.4) is 0 Å². The van der Waals surface area contributed by atoms with Gasteiger partial charge in [0, 0.05) is 0 Å². The van der Waals surface area contributed by atoms with Crippen molar-refractivity contribution in [2.24, 2.45) is 0 Å². The van der Waals surface area contributed by atoms with E-state index in [1.54, 1.807) is 0 Å². The van der Waals surface area contributed by atoms with Crippen molar-refractivity contribution < 1.29 is 14.2 Å². The summed E-state index contributed by atoms with van der Waals surface area (Å²) in [5, 5.41) is 0. The molecule has 1 fully saturated rings. The molecule has 3 heteroatoms. The van der Waals surface area contributed by atoms with Gasteiger partial charge < -0.3 is 14.2 Å². The first-order chi connectivity index (χ1) is 9.92. The Bertz CT molecular complexity index is 446. The van der Waals surface area contributed by atoms with Crippen LogP contribution in [0.1, 0.15) is 31.2 Å². The van der Waals surface area contributed by atoms with Crippen LogP contribution in [0.15, 0.2) is 30.3 Å². The van der Waals surface area contributed by atoms with Crippen LogP contribution in [0.2, 0.25) is 0 Å². The van der Waals surface area contributed by atoms with Gasteiger partial charge in [-0.15, -0.1) is 0 Å². The van der Waals surface area contributed by atoms with Crippen molar-refractivity contribution in [2.75, 3.05) is 26.4 Å². The normalized spacial score (nSPS) is 21.4. The summed E-state index contributed by atoms with van der Waals surface area (Å²) >= 11 is 0. The van der Waals surface area contributed by atoms with Crippen molar-refractivity contribution >= 4 is 5.57 Å². The van der Waals surface area contributed by atoms with Crippen LogP contribution in [0.5, 0.6) is 5.75 Å². The van der Waals surface area contributed by atoms with Crippen LogP contribution in [-0.2, 0) is 9.47 Å². The Morgan fingerprint density at radius 3 is 2.65 bits per heavy atom. The summed E-state index contributed by atoms with van der Waals surface area (Å²) in [5.74, 6) is 0.913. The van der Waals surface area contributed by atoms with Gasteiger partial charge in [-0.1, -0.05) is 18.2 Å². The molecule has 0 amide bonds. The minimum absolute atomic E-state index is 0.332. The lowest BCUT2D eigenvalue weighted by Crippen LogP contribution is -2.10. The summed E-state index contributed by atoms with van der Waals surface area (Å²) in [5.41, 5.74) is 2.81. The highest BCUT2D eigenvalue weighted by Gasteiger charge is 2.21. The van der Waals surface area contributed by atoms with E-state index in [1.165, 1.54) is 36.8 Å². The fraction of sp³-hybridized carbons (Fsp3) is 0.529. The van der Waals surface area contributed by atoms with Gasteiger partial charge in [0.15, 0.2) is 0 Å². The molecule has 0 aromatic heterocycles. The van der Waals surface area contributed by atoms with E-state index in [4.69, 9.17) is 14.2 Å². The maximum Gasteiger partial charge on any atom is 0.119 e. The Balaban J connectivity index is 1.42. The Morgan fingerprint density at radius 2 is 1.95 bits per heavy atom. The van der Waals surface area contributed by atoms with Gasteiger partial charge in [0.1, 0.15) is 18.5 Å². The fourth-order valence-corrected chi connectivity index (χ4v) is 2.46. The van der Waals surface area contributed by atoms with E-state index in [-0.39, 0.29) is 0 Å². The highest BCUT2D eigenvalue weighted by molar-refractivity contribution is 5.66. The lowest BCUT2D eigenvalue weighted by Gasteiger charge is -2.13. The molecule has 1 aromatic rings. The predicted octanol–water partition coefficient (Wildman–Crippen LogP) is 3.44. The quantitative estimate of drug-likeness (QED) is 0.564. The lowest BCUT2D eigenvalue weighted by atomic mass is 9.94. The highest BCUT2D eigenvalue weighted by Crippen LogP contribution is 2.27. The fourth-order valence-electron chi connectivity index (χ4n) is 2.46. The molecule has 1 aliphatic heterocycles. The topological polar surface area (TPSA) is 31.0 Å². The third-order valence-electron chi connectivity index (χ3n) is 3.72. The molecule has 1 heterocycles. The summed E-state index contributed by atoms with van der Waals surface area (Å²) in [4.78, 5) is 0. The number of allylic oxidation sites excluding steroid dienone is 2. The van der Waals surface area contributed by atoms with Crippen molar-refractivity contribution in [2.45, 2.75) is 31.8 Å². The number of hydrogen-bond acceptors (Lipinski definition) is 3. The summed E-state index contributed by atoms with van der Waals surface area (Å²) in [6.07, 6.45) is 7.76. The minimum Gasteiger partial charge on any atom is -0.491 e. The maximum absolute atomic E-state index is 5.67. The third-order valence-corrected chi connectivity index (χ3v) is 3.72. The number of rotatable bonds is 7. The molecular weight excluding hydrogens is 252 g/mol. The molecule has 1 unspecified atom stereocenters. The van der Waals surface area contributed by atoms with E-state index in [2.05, 4.69) is 30.3 Å². The summed E-state index contributed by atoms with van der Waals surface area (Å²) in [7, 11) is 0. The zero-order chi connectivity index (χ0) is 13.6. The zero-order valence-corrected chi connectivity index (χ0v) is 11.8. The molecule has 1 atom stereocenters.